The summed E-state index contributed by atoms with van der Waals surface area (Å²) in [4.78, 5) is 0. The van der Waals surface area contributed by atoms with Crippen LogP contribution < -0.4 is 0 Å². The van der Waals surface area contributed by atoms with Gasteiger partial charge in [0.2, 0.25) is 0 Å². The highest BCUT2D eigenvalue weighted by molar-refractivity contribution is 7.97. The van der Waals surface area contributed by atoms with Gasteiger partial charge in [-0.1, -0.05) is 0 Å². The minimum atomic E-state index is -4.82. The number of ether oxygens (including phenoxy) is 2. The molecule has 5 N–H and O–H groups in total. The van der Waals surface area contributed by atoms with Gasteiger partial charge < -0.3 is 29.9 Å². The normalized spacial score (nSPS) is 44.8. The molecule has 0 aromatic heterocycles. The first kappa shape index (κ1) is 19.3. The summed E-state index contributed by atoms with van der Waals surface area (Å²) in [7, 11) is -4.26. The predicted molar refractivity (Wildman–Crippen MR) is 78.1 cm³/mol. The van der Waals surface area contributed by atoms with Gasteiger partial charge in [-0.3, -0.25) is 4.55 Å². The lowest BCUT2D eigenvalue weighted by Crippen LogP contribution is -2.42. The summed E-state index contributed by atoms with van der Waals surface area (Å²) in [6, 6.07) is 0. The lowest BCUT2D eigenvalue weighted by Gasteiger charge is -2.19. The quantitative estimate of drug-likeness (QED) is 0.233. The number of rotatable bonds is 6. The Morgan fingerprint density at radius 1 is 1.26 bits per heavy atom. The van der Waals surface area contributed by atoms with Crippen molar-refractivity contribution < 1.29 is 47.1 Å². The van der Waals surface area contributed by atoms with E-state index in [1.165, 1.54) is 7.11 Å². The maximum Gasteiger partial charge on any atom is 0.397 e. The summed E-state index contributed by atoms with van der Waals surface area (Å²) in [5.41, 5.74) is 0. The highest BCUT2D eigenvalue weighted by Crippen LogP contribution is 2.31. The second-order valence-corrected chi connectivity index (χ2v) is 8.80. The second kappa shape index (κ2) is 7.47. The second-order valence-electron chi connectivity index (χ2n) is 5.41. The SMILES string of the molecule is CO[C@H]1O[C@H](C[S+]2C[C@@H](O)[C@H](O)[C@H]2CO)[C@H](OS(=O)(=O)O)[C@H]1O. The van der Waals surface area contributed by atoms with E-state index < -0.39 is 63.4 Å². The van der Waals surface area contributed by atoms with Gasteiger partial charge in [0.15, 0.2) is 11.5 Å². The molecule has 2 fully saturated rings. The Labute approximate surface area is 136 Å². The van der Waals surface area contributed by atoms with Gasteiger partial charge in [-0.2, -0.15) is 8.42 Å². The van der Waals surface area contributed by atoms with Crippen molar-refractivity contribution in [2.45, 2.75) is 42.1 Å². The van der Waals surface area contributed by atoms with E-state index in [-0.39, 0.29) is 18.1 Å². The van der Waals surface area contributed by atoms with Gasteiger partial charge in [-0.05, 0) is 0 Å². The first-order valence-corrected chi connectivity index (χ1v) is 9.82. The zero-order chi connectivity index (χ0) is 17.4. The first-order chi connectivity index (χ1) is 10.7. The molecular formula is C11H21O10S2+. The topological polar surface area (TPSA) is 163 Å². The monoisotopic (exact) mass is 377 g/mol. The van der Waals surface area contributed by atoms with Gasteiger partial charge in [0, 0.05) is 18.0 Å². The number of methoxy groups -OCH3 is 1. The molecule has 0 aromatic rings. The molecule has 0 aliphatic carbocycles. The Morgan fingerprint density at radius 3 is 2.43 bits per heavy atom. The fourth-order valence-electron chi connectivity index (χ4n) is 2.80. The van der Waals surface area contributed by atoms with E-state index in [1.54, 1.807) is 0 Å². The van der Waals surface area contributed by atoms with Gasteiger partial charge >= 0.3 is 10.4 Å². The van der Waals surface area contributed by atoms with Gasteiger partial charge in [-0.15, -0.1) is 0 Å². The third-order valence-corrected chi connectivity index (χ3v) is 7.18. The Morgan fingerprint density at radius 2 is 1.91 bits per heavy atom. The summed E-state index contributed by atoms with van der Waals surface area (Å²) >= 11 is 0. The summed E-state index contributed by atoms with van der Waals surface area (Å²) in [6.07, 6.45) is -7.01. The molecule has 1 unspecified atom stereocenters. The Bertz CT molecular complexity index is 499. The van der Waals surface area contributed by atoms with Crippen LogP contribution in [-0.2, 0) is 35.0 Å². The van der Waals surface area contributed by atoms with Crippen molar-refractivity contribution in [3.05, 3.63) is 0 Å². The smallest absolute Gasteiger partial charge is 0.391 e. The molecule has 0 bridgehead atoms. The standard InChI is InChI=1S/C11H20O10S2/c1-19-11-9(15)10(21-23(16,17)18)6(20-11)4-22-3-5(13)8(14)7(22)2-12/h5-15H,2-4H2,1H3/p+1/t5-,6-,7-,8+,9-,10+,11+,22?/m1/s1. The van der Waals surface area contributed by atoms with Crippen molar-refractivity contribution in [3.63, 3.8) is 0 Å². The highest BCUT2D eigenvalue weighted by atomic mass is 32.3. The van der Waals surface area contributed by atoms with Crippen molar-refractivity contribution in [2.75, 3.05) is 25.2 Å². The average Bonchev–Trinajstić information content (AvgIpc) is 2.88. The summed E-state index contributed by atoms with van der Waals surface area (Å²) < 4.78 is 45.5. The van der Waals surface area contributed by atoms with Crippen LogP contribution in [0.2, 0.25) is 0 Å². The highest BCUT2D eigenvalue weighted by Gasteiger charge is 2.55. The molecule has 0 amide bonds. The summed E-state index contributed by atoms with van der Waals surface area (Å²) in [5, 5.41) is 38.3. The summed E-state index contributed by atoms with van der Waals surface area (Å²) in [5.74, 6) is 0.328. The number of hydrogen-bond acceptors (Lipinski definition) is 9. The third kappa shape index (κ3) is 4.34. The zero-order valence-electron chi connectivity index (χ0n) is 12.3. The minimum Gasteiger partial charge on any atom is -0.391 e. The molecule has 0 aromatic carbocycles. The number of aliphatic hydroxyl groups is 4. The van der Waals surface area contributed by atoms with Crippen LogP contribution in [0.1, 0.15) is 0 Å². The van der Waals surface area contributed by atoms with E-state index in [0.717, 1.165) is 0 Å². The van der Waals surface area contributed by atoms with Crippen LogP contribution in [0.4, 0.5) is 0 Å². The van der Waals surface area contributed by atoms with Crippen LogP contribution in [0, 0.1) is 0 Å². The van der Waals surface area contributed by atoms with E-state index in [0.29, 0.717) is 0 Å². The number of hydrogen-bond donors (Lipinski definition) is 5. The van der Waals surface area contributed by atoms with E-state index in [4.69, 9.17) is 14.0 Å². The Kier molecular flexibility index (Phi) is 6.27. The van der Waals surface area contributed by atoms with E-state index in [9.17, 15) is 28.8 Å². The van der Waals surface area contributed by atoms with E-state index in [2.05, 4.69) is 4.18 Å². The lowest BCUT2D eigenvalue weighted by atomic mass is 10.1. The maximum atomic E-state index is 10.9. The van der Waals surface area contributed by atoms with Crippen LogP contribution in [0.15, 0.2) is 0 Å². The molecule has 0 radical (unpaired) electrons. The van der Waals surface area contributed by atoms with Crippen molar-refractivity contribution in [1.29, 1.82) is 0 Å². The van der Waals surface area contributed by atoms with Crippen LogP contribution in [0.3, 0.4) is 0 Å². The largest absolute Gasteiger partial charge is 0.397 e. The molecular weight excluding hydrogens is 356 g/mol. The third-order valence-electron chi connectivity index (χ3n) is 3.90. The maximum absolute atomic E-state index is 10.9. The minimum absolute atomic E-state index is 0.121. The first-order valence-electron chi connectivity index (χ1n) is 6.83. The van der Waals surface area contributed by atoms with Crippen LogP contribution in [0.5, 0.6) is 0 Å². The summed E-state index contributed by atoms with van der Waals surface area (Å²) in [6.45, 7) is -0.353. The van der Waals surface area contributed by atoms with Crippen LogP contribution in [0.25, 0.3) is 0 Å². The van der Waals surface area contributed by atoms with Gasteiger partial charge in [0.1, 0.15) is 42.0 Å². The molecule has 8 atom stereocenters. The average molecular weight is 377 g/mol. The van der Waals surface area contributed by atoms with Crippen molar-refractivity contribution in [3.8, 4) is 0 Å². The molecule has 23 heavy (non-hydrogen) atoms. The molecule has 10 nitrogen and oxygen atoms in total. The molecule has 2 aliphatic rings. The Balaban J connectivity index is 2.12. The van der Waals surface area contributed by atoms with E-state index in [1.807, 2.05) is 0 Å². The molecule has 2 rings (SSSR count). The molecule has 2 heterocycles. The lowest BCUT2D eigenvalue weighted by molar-refractivity contribution is -0.145. The van der Waals surface area contributed by atoms with Crippen LogP contribution in [-0.4, -0.2) is 101 Å². The molecule has 2 saturated heterocycles. The molecule has 0 spiro atoms. The van der Waals surface area contributed by atoms with Crippen molar-refractivity contribution in [2.24, 2.45) is 0 Å². The zero-order valence-corrected chi connectivity index (χ0v) is 13.9. The molecule has 2 aliphatic heterocycles. The van der Waals surface area contributed by atoms with Gasteiger partial charge in [0.25, 0.3) is 0 Å². The molecule has 136 valence electrons. The van der Waals surface area contributed by atoms with Crippen molar-refractivity contribution in [1.82, 2.24) is 0 Å². The fraction of sp³-hybridized carbons (Fsp3) is 1.00. The van der Waals surface area contributed by atoms with Gasteiger partial charge in [-0.25, -0.2) is 4.18 Å². The molecule has 12 heteroatoms. The van der Waals surface area contributed by atoms with Crippen molar-refractivity contribution >= 4 is 21.3 Å². The predicted octanol–water partition coefficient (Wildman–Crippen LogP) is -3.38. The number of aliphatic hydroxyl groups excluding tert-OH is 4. The van der Waals surface area contributed by atoms with Crippen LogP contribution >= 0.6 is 0 Å². The molecule has 0 saturated carbocycles. The Hall–Kier alpha value is -0.0200. The van der Waals surface area contributed by atoms with Gasteiger partial charge in [0.05, 0.1) is 6.61 Å². The van der Waals surface area contributed by atoms with E-state index >= 15 is 0 Å². The fourth-order valence-corrected chi connectivity index (χ4v) is 6.06.